The third kappa shape index (κ3) is 8.50. The van der Waals surface area contributed by atoms with Crippen molar-refractivity contribution in [2.24, 2.45) is 0 Å². The summed E-state index contributed by atoms with van der Waals surface area (Å²) in [5, 5.41) is 2.11. The van der Waals surface area contributed by atoms with Crippen LogP contribution in [0.2, 0.25) is 0 Å². The third-order valence-electron chi connectivity index (χ3n) is 5.29. The Morgan fingerprint density at radius 2 is 1.70 bits per heavy atom. The molecule has 0 aromatic heterocycles. The molecule has 0 amide bonds. The van der Waals surface area contributed by atoms with Crippen molar-refractivity contribution in [3.05, 3.63) is 53.3 Å². The van der Waals surface area contributed by atoms with Crippen molar-refractivity contribution < 1.29 is 45.8 Å². The van der Waals surface area contributed by atoms with Crippen LogP contribution >= 0.6 is 0 Å². The number of ketones is 1. The van der Waals surface area contributed by atoms with Gasteiger partial charge in [-0.15, -0.1) is 0 Å². The van der Waals surface area contributed by atoms with Crippen molar-refractivity contribution in [1.82, 2.24) is 5.32 Å². The van der Waals surface area contributed by atoms with Gasteiger partial charge in [-0.1, -0.05) is 12.1 Å². The number of rotatable bonds is 12. The first kappa shape index (κ1) is 30.2. The topological polar surface area (TPSA) is 73.9 Å². The molecule has 0 aliphatic carbocycles. The van der Waals surface area contributed by atoms with Crippen LogP contribution in [0.25, 0.3) is 11.1 Å². The average Bonchev–Trinajstić information content (AvgIpc) is 2.78. The molecule has 0 aliphatic rings. The van der Waals surface area contributed by atoms with Gasteiger partial charge in [0.15, 0.2) is 12.6 Å². The van der Waals surface area contributed by atoms with Gasteiger partial charge in [-0.25, -0.2) is 8.78 Å². The highest BCUT2D eigenvalue weighted by molar-refractivity contribution is 5.96. The van der Waals surface area contributed by atoms with E-state index in [1.165, 1.54) is 39.2 Å². The van der Waals surface area contributed by atoms with E-state index in [1.807, 2.05) is 0 Å². The fourth-order valence-electron chi connectivity index (χ4n) is 3.66. The number of carbonyl (C=O) groups is 2. The van der Waals surface area contributed by atoms with E-state index in [-0.39, 0.29) is 41.6 Å². The van der Waals surface area contributed by atoms with E-state index in [9.17, 15) is 27.2 Å². The molecule has 0 heterocycles. The van der Waals surface area contributed by atoms with Gasteiger partial charge < -0.3 is 14.2 Å². The maximum Gasteiger partial charge on any atom is 0.407 e. The van der Waals surface area contributed by atoms with Gasteiger partial charge in [-0.05, 0) is 57.5 Å². The molecule has 1 N–H and O–H groups in total. The second-order valence-corrected chi connectivity index (χ2v) is 8.93. The fraction of sp³-hybridized carbons (Fsp3) is 0.462. The second kappa shape index (κ2) is 12.5. The smallest absolute Gasteiger partial charge is 0.407 e. The Morgan fingerprint density at radius 3 is 2.22 bits per heavy atom. The van der Waals surface area contributed by atoms with Crippen LogP contribution in [0.5, 0.6) is 5.75 Å². The minimum absolute atomic E-state index is 0.115. The number of alkyl halides is 4. The van der Waals surface area contributed by atoms with Gasteiger partial charge >= 0.3 is 12.1 Å². The van der Waals surface area contributed by atoms with E-state index >= 15 is 4.39 Å². The van der Waals surface area contributed by atoms with Crippen molar-refractivity contribution in [3.8, 4) is 16.9 Å². The van der Waals surface area contributed by atoms with E-state index in [0.29, 0.717) is 6.07 Å². The molecule has 204 valence electrons. The van der Waals surface area contributed by atoms with E-state index in [1.54, 1.807) is 0 Å². The number of ether oxygens (including phenoxy) is 3. The first-order chi connectivity index (χ1) is 17.2. The number of esters is 1. The van der Waals surface area contributed by atoms with Crippen molar-refractivity contribution in [2.75, 3.05) is 20.5 Å². The van der Waals surface area contributed by atoms with Crippen LogP contribution in [-0.4, -0.2) is 50.1 Å². The Labute approximate surface area is 212 Å². The number of hydrogen-bond acceptors (Lipinski definition) is 6. The quantitative estimate of drug-likeness (QED) is 0.158. The van der Waals surface area contributed by atoms with Crippen molar-refractivity contribution in [3.63, 3.8) is 0 Å². The largest absolute Gasteiger partial charge is 0.467 e. The van der Waals surface area contributed by atoms with Gasteiger partial charge in [-0.3, -0.25) is 14.9 Å². The lowest BCUT2D eigenvalue weighted by Gasteiger charge is -2.29. The Kier molecular flexibility index (Phi) is 10.2. The van der Waals surface area contributed by atoms with Gasteiger partial charge in [0.2, 0.25) is 0 Å². The summed E-state index contributed by atoms with van der Waals surface area (Å²) in [6.07, 6.45) is -5.56. The normalized spacial score (nSPS) is 13.7. The van der Waals surface area contributed by atoms with Crippen LogP contribution in [0.3, 0.4) is 0 Å². The molecule has 6 nitrogen and oxygen atoms in total. The summed E-state index contributed by atoms with van der Waals surface area (Å²) in [5.41, 5.74) is -2.28. The van der Waals surface area contributed by atoms with E-state index < -0.39 is 47.7 Å². The lowest BCUT2D eigenvalue weighted by atomic mass is 9.95. The molecule has 2 aromatic carbocycles. The molecule has 0 radical (unpaired) electrons. The molecule has 0 saturated heterocycles. The summed E-state index contributed by atoms with van der Waals surface area (Å²) in [7, 11) is 1.37. The predicted octanol–water partition coefficient (Wildman–Crippen LogP) is 5.94. The number of methoxy groups -OCH3 is 1. The molecule has 37 heavy (non-hydrogen) atoms. The molecule has 2 unspecified atom stereocenters. The molecular weight excluding hydrogens is 501 g/mol. The first-order valence-corrected chi connectivity index (χ1v) is 11.4. The lowest BCUT2D eigenvalue weighted by Crippen LogP contribution is -2.47. The molecule has 0 saturated carbocycles. The molecule has 0 fully saturated rings. The minimum Gasteiger partial charge on any atom is -0.467 e. The summed E-state index contributed by atoms with van der Waals surface area (Å²) < 4.78 is 86.8. The summed E-state index contributed by atoms with van der Waals surface area (Å²) in [6.45, 7) is 4.72. The number of nitrogens with one attached hydrogen (secondary N) is 1. The highest BCUT2D eigenvalue weighted by atomic mass is 19.4. The zero-order chi connectivity index (χ0) is 28.0. The molecule has 2 aromatic rings. The van der Waals surface area contributed by atoms with E-state index in [4.69, 9.17) is 14.2 Å². The maximum atomic E-state index is 15.3. The van der Waals surface area contributed by atoms with Crippen molar-refractivity contribution in [1.29, 1.82) is 0 Å². The summed E-state index contributed by atoms with van der Waals surface area (Å²) in [6, 6.07) is 2.94. The first-order valence-electron chi connectivity index (χ1n) is 11.4. The van der Waals surface area contributed by atoms with Gasteiger partial charge in [0.25, 0.3) is 0 Å². The second-order valence-electron chi connectivity index (χ2n) is 8.93. The molecule has 0 aliphatic heterocycles. The van der Waals surface area contributed by atoms with Crippen LogP contribution < -0.4 is 10.1 Å². The number of Topliss-reactive ketones (excluding diaryl/α,β-unsaturated/α-hetero) is 1. The molecule has 11 heteroatoms. The number of halogens is 5. The van der Waals surface area contributed by atoms with Crippen molar-refractivity contribution >= 4 is 11.8 Å². The van der Waals surface area contributed by atoms with Crippen LogP contribution in [-0.2, 0) is 14.3 Å². The zero-order valence-corrected chi connectivity index (χ0v) is 21.2. The monoisotopic (exact) mass is 531 g/mol. The van der Waals surface area contributed by atoms with Crippen molar-refractivity contribution in [2.45, 2.75) is 58.0 Å². The average molecular weight is 532 g/mol. The number of carbonyl (C=O) groups excluding carboxylic acids is 2. The summed E-state index contributed by atoms with van der Waals surface area (Å²) in [4.78, 5) is 24.1. The Hall–Kier alpha value is -3.05. The zero-order valence-electron chi connectivity index (χ0n) is 21.2. The highest BCUT2D eigenvalue weighted by Crippen LogP contribution is 2.38. The van der Waals surface area contributed by atoms with Crippen LogP contribution in [0, 0.1) is 5.82 Å². The SMILES string of the molecule is CCOC(=O)C(CC(C)(C)F)NC(c1ccc(-c2cc(C(C)=O)ccc2OCOC)c(F)c1)C(F)(F)F. The fourth-order valence-corrected chi connectivity index (χ4v) is 3.66. The summed E-state index contributed by atoms with van der Waals surface area (Å²) in [5.74, 6) is -2.24. The summed E-state index contributed by atoms with van der Waals surface area (Å²) >= 11 is 0. The Morgan fingerprint density at radius 1 is 1.03 bits per heavy atom. The van der Waals surface area contributed by atoms with E-state index in [0.717, 1.165) is 26.0 Å². The number of benzene rings is 2. The Bertz CT molecular complexity index is 1100. The highest BCUT2D eigenvalue weighted by Gasteiger charge is 2.44. The third-order valence-corrected chi connectivity index (χ3v) is 5.29. The predicted molar refractivity (Wildman–Crippen MR) is 127 cm³/mol. The molecule has 0 spiro atoms. The van der Waals surface area contributed by atoms with Gasteiger partial charge in [0.05, 0.1) is 6.61 Å². The standard InChI is InChI=1S/C26H30F5NO5/c1-6-36-24(34)21(13-25(3,4)28)32-23(26(29,30)31)17-7-9-18(20(27)12-17)19-11-16(15(2)33)8-10-22(19)37-14-35-5/h7-12,21,23,32H,6,13-14H2,1-5H3. The molecule has 2 rings (SSSR count). The molecule has 0 bridgehead atoms. The van der Waals surface area contributed by atoms with Gasteiger partial charge in [0.1, 0.15) is 29.3 Å². The van der Waals surface area contributed by atoms with E-state index in [2.05, 4.69) is 5.32 Å². The number of hydrogen-bond donors (Lipinski definition) is 1. The van der Waals surface area contributed by atoms with Crippen LogP contribution in [0.15, 0.2) is 36.4 Å². The Balaban J connectivity index is 2.53. The van der Waals surface area contributed by atoms with Gasteiger partial charge in [-0.2, -0.15) is 13.2 Å². The molecular formula is C26H30F5NO5. The van der Waals surface area contributed by atoms with Crippen LogP contribution in [0.4, 0.5) is 22.0 Å². The minimum atomic E-state index is -4.96. The molecule has 2 atom stereocenters. The maximum absolute atomic E-state index is 15.3. The lowest BCUT2D eigenvalue weighted by molar-refractivity contribution is -0.165. The van der Waals surface area contributed by atoms with Crippen LogP contribution in [0.1, 0.15) is 56.1 Å². The van der Waals surface area contributed by atoms with Gasteiger partial charge in [0, 0.05) is 30.2 Å².